The van der Waals surface area contributed by atoms with Crippen molar-refractivity contribution in [1.82, 2.24) is 4.57 Å². The van der Waals surface area contributed by atoms with Crippen LogP contribution in [0.25, 0.3) is 0 Å². The van der Waals surface area contributed by atoms with Gasteiger partial charge in [-0.05, 0) is 12.1 Å². The van der Waals surface area contributed by atoms with E-state index in [9.17, 15) is 37.7 Å². The molecule has 1 aromatic heterocycles. The van der Waals surface area contributed by atoms with Crippen LogP contribution in [0.4, 0.5) is 24.5 Å². The number of nitrogens with zero attached hydrogens (tertiary/aromatic N) is 2. The smallest absolute Gasteiger partial charge is 0.365 e. The number of rotatable bonds is 5. The summed E-state index contributed by atoms with van der Waals surface area (Å²) in [5.74, 6) is -2.41. The molecule has 148 valence electrons. The number of primary amides is 1. The second kappa shape index (κ2) is 7.68. The summed E-state index contributed by atoms with van der Waals surface area (Å²) < 4.78 is 39.7. The second-order valence-corrected chi connectivity index (χ2v) is 5.78. The zero-order valence-electron chi connectivity index (χ0n) is 13.6. The van der Waals surface area contributed by atoms with Crippen LogP contribution in [0.1, 0.15) is 15.9 Å². The number of nitrogens with one attached hydrogen (secondary N) is 1. The fourth-order valence-electron chi connectivity index (χ4n) is 2.23. The standard InChI is InChI=1S/C15H10ClF3N4O5/c16-10-3-1-2-9(15(17,18)19)12(10)21-11(24)6-22-5-7(23(27)28)4-8(13(20)25)14(22)26/h1-5H,6H2,(H2,20,25)(H,21,24). The lowest BCUT2D eigenvalue weighted by atomic mass is 10.1. The van der Waals surface area contributed by atoms with Crippen LogP contribution in [-0.4, -0.2) is 21.3 Å². The highest BCUT2D eigenvalue weighted by Gasteiger charge is 2.34. The van der Waals surface area contributed by atoms with Crippen molar-refractivity contribution in [3.05, 3.63) is 67.1 Å². The molecule has 0 radical (unpaired) electrons. The minimum Gasteiger partial charge on any atom is -0.365 e. The lowest BCUT2D eigenvalue weighted by Crippen LogP contribution is -2.33. The molecule has 2 rings (SSSR count). The highest BCUT2D eigenvalue weighted by molar-refractivity contribution is 6.34. The molecule has 28 heavy (non-hydrogen) atoms. The topological polar surface area (TPSA) is 137 Å². The Bertz CT molecular complexity index is 1040. The monoisotopic (exact) mass is 418 g/mol. The van der Waals surface area contributed by atoms with E-state index in [0.717, 1.165) is 12.1 Å². The summed E-state index contributed by atoms with van der Waals surface area (Å²) in [6, 6.07) is 3.46. The number of para-hydroxylation sites is 1. The van der Waals surface area contributed by atoms with Crippen molar-refractivity contribution >= 4 is 34.8 Å². The van der Waals surface area contributed by atoms with E-state index in [2.05, 4.69) is 0 Å². The van der Waals surface area contributed by atoms with Gasteiger partial charge in [0.05, 0.1) is 27.4 Å². The highest BCUT2D eigenvalue weighted by Crippen LogP contribution is 2.38. The molecule has 1 heterocycles. The lowest BCUT2D eigenvalue weighted by Gasteiger charge is -2.15. The number of amides is 2. The molecular formula is C15H10ClF3N4O5. The van der Waals surface area contributed by atoms with Crippen molar-refractivity contribution in [2.24, 2.45) is 5.73 Å². The minimum atomic E-state index is -4.82. The number of hydrogen-bond donors (Lipinski definition) is 2. The van der Waals surface area contributed by atoms with Crippen LogP contribution in [0.3, 0.4) is 0 Å². The molecule has 0 bridgehead atoms. The SMILES string of the molecule is NC(=O)c1cc([N+](=O)[O-])cn(CC(=O)Nc2c(Cl)cccc2C(F)(F)F)c1=O. The van der Waals surface area contributed by atoms with E-state index in [0.29, 0.717) is 22.9 Å². The van der Waals surface area contributed by atoms with Gasteiger partial charge < -0.3 is 11.1 Å². The van der Waals surface area contributed by atoms with Crippen LogP contribution in [0.15, 0.2) is 35.3 Å². The maximum Gasteiger partial charge on any atom is 0.418 e. The summed E-state index contributed by atoms with van der Waals surface area (Å²) in [7, 11) is 0. The third-order valence-corrected chi connectivity index (χ3v) is 3.76. The van der Waals surface area contributed by atoms with E-state index in [1.807, 2.05) is 5.32 Å². The van der Waals surface area contributed by atoms with Gasteiger partial charge in [0.15, 0.2) is 0 Å². The Labute approximate surface area is 158 Å². The molecule has 0 aliphatic heterocycles. The first-order valence-electron chi connectivity index (χ1n) is 7.26. The van der Waals surface area contributed by atoms with Crippen LogP contribution in [0, 0.1) is 10.1 Å². The van der Waals surface area contributed by atoms with Crippen molar-refractivity contribution < 1.29 is 27.7 Å². The molecule has 13 heteroatoms. The largest absolute Gasteiger partial charge is 0.418 e. The summed E-state index contributed by atoms with van der Waals surface area (Å²) in [6.07, 6.45) is -4.17. The van der Waals surface area contributed by atoms with E-state index in [-0.39, 0.29) is 0 Å². The minimum absolute atomic E-state index is 0.410. The number of carbonyl (C=O) groups is 2. The molecule has 3 N–H and O–H groups in total. The summed E-state index contributed by atoms with van der Waals surface area (Å²) in [4.78, 5) is 45.5. The second-order valence-electron chi connectivity index (χ2n) is 5.37. The molecule has 9 nitrogen and oxygen atoms in total. The first-order valence-corrected chi connectivity index (χ1v) is 7.64. The van der Waals surface area contributed by atoms with Crippen LogP contribution in [-0.2, 0) is 17.5 Å². The van der Waals surface area contributed by atoms with Gasteiger partial charge in [-0.2, -0.15) is 13.2 Å². The average Bonchev–Trinajstić information content (AvgIpc) is 2.56. The number of pyridine rings is 1. The fourth-order valence-corrected chi connectivity index (χ4v) is 2.46. The van der Waals surface area contributed by atoms with E-state index in [1.165, 1.54) is 0 Å². The highest BCUT2D eigenvalue weighted by atomic mass is 35.5. The van der Waals surface area contributed by atoms with Gasteiger partial charge in [0.25, 0.3) is 17.2 Å². The first-order chi connectivity index (χ1) is 12.9. The normalized spacial score (nSPS) is 11.1. The maximum absolute atomic E-state index is 13.1. The molecule has 0 unspecified atom stereocenters. The molecule has 0 atom stereocenters. The van der Waals surface area contributed by atoms with Crippen molar-refractivity contribution in [2.75, 3.05) is 5.32 Å². The molecule has 0 fully saturated rings. The number of anilines is 1. The van der Waals surface area contributed by atoms with Gasteiger partial charge in [0, 0.05) is 6.07 Å². The Morgan fingerprint density at radius 3 is 2.50 bits per heavy atom. The number of carbonyl (C=O) groups excluding carboxylic acids is 2. The summed E-state index contributed by atoms with van der Waals surface area (Å²) in [5.41, 5.74) is 0.423. The van der Waals surface area contributed by atoms with Gasteiger partial charge in [-0.15, -0.1) is 0 Å². The number of alkyl halides is 3. The Kier molecular flexibility index (Phi) is 5.73. The third kappa shape index (κ3) is 4.46. The zero-order chi connectivity index (χ0) is 21.2. The first kappa shape index (κ1) is 20.9. The molecule has 1 aromatic carbocycles. The number of nitrogens with two attached hydrogens (primary N) is 1. The Hall–Kier alpha value is -3.41. The molecule has 0 aliphatic carbocycles. The van der Waals surface area contributed by atoms with E-state index in [4.69, 9.17) is 17.3 Å². The quantitative estimate of drug-likeness (QED) is 0.566. The number of hydrogen-bond acceptors (Lipinski definition) is 5. The fraction of sp³-hybridized carbons (Fsp3) is 0.133. The van der Waals surface area contributed by atoms with Crippen LogP contribution in [0.5, 0.6) is 0 Å². The van der Waals surface area contributed by atoms with Crippen LogP contribution < -0.4 is 16.6 Å². The van der Waals surface area contributed by atoms with Crippen molar-refractivity contribution in [2.45, 2.75) is 12.7 Å². The maximum atomic E-state index is 13.1. The predicted octanol–water partition coefficient (Wildman–Crippen LogP) is 2.17. The third-order valence-electron chi connectivity index (χ3n) is 3.45. The Morgan fingerprint density at radius 1 is 1.32 bits per heavy atom. The van der Waals surface area contributed by atoms with E-state index >= 15 is 0 Å². The van der Waals surface area contributed by atoms with Crippen molar-refractivity contribution in [3.8, 4) is 0 Å². The average molecular weight is 419 g/mol. The number of aromatic nitrogens is 1. The van der Waals surface area contributed by atoms with Gasteiger partial charge in [0.2, 0.25) is 5.91 Å². The number of benzene rings is 1. The molecule has 0 aliphatic rings. The molecular weight excluding hydrogens is 409 g/mol. The van der Waals surface area contributed by atoms with E-state index < -0.39 is 62.5 Å². The van der Waals surface area contributed by atoms with Gasteiger partial charge in [-0.1, -0.05) is 17.7 Å². The predicted molar refractivity (Wildman–Crippen MR) is 91.0 cm³/mol. The van der Waals surface area contributed by atoms with Gasteiger partial charge >= 0.3 is 6.18 Å². The van der Waals surface area contributed by atoms with Crippen LogP contribution in [0.2, 0.25) is 5.02 Å². The Balaban J connectivity index is 2.41. The lowest BCUT2D eigenvalue weighted by molar-refractivity contribution is -0.385. The van der Waals surface area contributed by atoms with Gasteiger partial charge in [-0.3, -0.25) is 29.1 Å². The summed E-state index contributed by atoms with van der Waals surface area (Å²) in [5, 5.41) is 12.4. The summed E-state index contributed by atoms with van der Waals surface area (Å²) in [6.45, 7) is -0.927. The molecule has 2 amide bonds. The summed E-state index contributed by atoms with van der Waals surface area (Å²) >= 11 is 5.71. The van der Waals surface area contributed by atoms with E-state index in [1.54, 1.807) is 0 Å². The van der Waals surface area contributed by atoms with Gasteiger partial charge in [0.1, 0.15) is 12.1 Å². The van der Waals surface area contributed by atoms with Crippen LogP contribution >= 0.6 is 11.6 Å². The molecule has 0 saturated carbocycles. The number of nitro groups is 1. The molecule has 0 spiro atoms. The molecule has 2 aromatic rings. The van der Waals surface area contributed by atoms with Gasteiger partial charge in [-0.25, -0.2) is 0 Å². The zero-order valence-corrected chi connectivity index (χ0v) is 14.4. The molecule has 0 saturated heterocycles. The van der Waals surface area contributed by atoms with Crippen molar-refractivity contribution in [3.63, 3.8) is 0 Å². The number of halogens is 4. The van der Waals surface area contributed by atoms with Crippen molar-refractivity contribution in [1.29, 1.82) is 0 Å². The Morgan fingerprint density at radius 2 is 1.96 bits per heavy atom.